The molecule has 1 aromatic heterocycles. The number of hydrogen-bond donors (Lipinski definition) is 1. The Bertz CT molecular complexity index is 795. The molecule has 1 fully saturated rings. The highest BCUT2D eigenvalue weighted by Gasteiger charge is 2.29. The summed E-state index contributed by atoms with van der Waals surface area (Å²) in [5, 5.41) is 8.02. The zero-order valence-electron chi connectivity index (χ0n) is 17.7. The van der Waals surface area contributed by atoms with Gasteiger partial charge in [-0.25, -0.2) is 0 Å². The van der Waals surface area contributed by atoms with Gasteiger partial charge < -0.3 is 9.84 Å². The molecular formula is C22H31ClN4O2. The van der Waals surface area contributed by atoms with E-state index in [-0.39, 0.29) is 17.9 Å². The Balaban J connectivity index is 1.58. The summed E-state index contributed by atoms with van der Waals surface area (Å²) >= 11 is 5.93. The van der Waals surface area contributed by atoms with Crippen LogP contribution in [0.5, 0.6) is 0 Å². The highest BCUT2D eigenvalue weighted by Crippen LogP contribution is 2.22. The van der Waals surface area contributed by atoms with E-state index < -0.39 is 0 Å². The van der Waals surface area contributed by atoms with Gasteiger partial charge in [0.05, 0.1) is 12.5 Å². The van der Waals surface area contributed by atoms with Gasteiger partial charge in [0.15, 0.2) is 0 Å². The van der Waals surface area contributed by atoms with Crippen LogP contribution in [0.2, 0.25) is 5.02 Å². The van der Waals surface area contributed by atoms with E-state index in [1.807, 2.05) is 24.3 Å². The highest BCUT2D eigenvalue weighted by molar-refractivity contribution is 6.30. The van der Waals surface area contributed by atoms with Crippen molar-refractivity contribution in [3.63, 3.8) is 0 Å². The van der Waals surface area contributed by atoms with Crippen molar-refractivity contribution in [3.8, 4) is 11.4 Å². The molecule has 0 aliphatic carbocycles. The summed E-state index contributed by atoms with van der Waals surface area (Å²) < 4.78 is 5.44. The number of halogens is 1. The second-order valence-corrected chi connectivity index (χ2v) is 9.05. The van der Waals surface area contributed by atoms with E-state index in [9.17, 15) is 4.79 Å². The lowest BCUT2D eigenvalue weighted by molar-refractivity contribution is -0.128. The molecule has 0 bridgehead atoms. The van der Waals surface area contributed by atoms with E-state index >= 15 is 0 Å². The lowest BCUT2D eigenvalue weighted by Gasteiger charge is -2.33. The molecule has 1 saturated heterocycles. The molecule has 7 heteroatoms. The van der Waals surface area contributed by atoms with Crippen LogP contribution in [0.25, 0.3) is 11.4 Å². The molecule has 3 rings (SSSR count). The Morgan fingerprint density at radius 3 is 2.59 bits per heavy atom. The van der Waals surface area contributed by atoms with Gasteiger partial charge in [0, 0.05) is 23.2 Å². The number of aromatic nitrogens is 2. The molecule has 1 unspecified atom stereocenters. The van der Waals surface area contributed by atoms with Crippen LogP contribution < -0.4 is 5.32 Å². The Hall–Kier alpha value is -1.92. The molecule has 0 radical (unpaired) electrons. The topological polar surface area (TPSA) is 71.3 Å². The van der Waals surface area contributed by atoms with Crippen molar-refractivity contribution in [1.82, 2.24) is 20.4 Å². The summed E-state index contributed by atoms with van der Waals surface area (Å²) in [5.41, 5.74) is 0.869. The SMILES string of the molecule is CC(C)C(NC(=O)C1CCCN(Cc2nc(-c3ccc(Cl)cc3)no2)C1)C(C)C. The smallest absolute Gasteiger partial charge is 0.241 e. The second-order valence-electron chi connectivity index (χ2n) is 8.62. The first-order chi connectivity index (χ1) is 13.8. The molecule has 1 amide bonds. The third-order valence-corrected chi connectivity index (χ3v) is 5.80. The van der Waals surface area contributed by atoms with Gasteiger partial charge in [0.25, 0.3) is 0 Å². The summed E-state index contributed by atoms with van der Waals surface area (Å²) in [4.78, 5) is 19.6. The van der Waals surface area contributed by atoms with E-state index in [2.05, 4.69) is 48.1 Å². The van der Waals surface area contributed by atoms with Gasteiger partial charge >= 0.3 is 0 Å². The predicted octanol–water partition coefficient (Wildman–Crippen LogP) is 4.40. The van der Waals surface area contributed by atoms with Crippen LogP contribution in [0, 0.1) is 17.8 Å². The van der Waals surface area contributed by atoms with Gasteiger partial charge in [-0.1, -0.05) is 44.5 Å². The minimum absolute atomic E-state index is 0.00223. The quantitative estimate of drug-likeness (QED) is 0.721. The summed E-state index contributed by atoms with van der Waals surface area (Å²) in [5.74, 6) is 2.13. The van der Waals surface area contributed by atoms with Crippen LogP contribution in [0.3, 0.4) is 0 Å². The zero-order chi connectivity index (χ0) is 21.0. The maximum absolute atomic E-state index is 12.8. The van der Waals surface area contributed by atoms with Gasteiger partial charge in [-0.05, 0) is 55.5 Å². The van der Waals surface area contributed by atoms with Crippen molar-refractivity contribution < 1.29 is 9.32 Å². The molecule has 2 heterocycles. The Labute approximate surface area is 178 Å². The molecule has 158 valence electrons. The number of carbonyl (C=O) groups excluding carboxylic acids is 1. The molecule has 0 saturated carbocycles. The Kier molecular flexibility index (Phi) is 7.30. The lowest BCUT2D eigenvalue weighted by Crippen LogP contribution is -2.48. The largest absolute Gasteiger partial charge is 0.353 e. The van der Waals surface area contributed by atoms with Crippen LogP contribution in [0.1, 0.15) is 46.4 Å². The van der Waals surface area contributed by atoms with Gasteiger partial charge in [0.1, 0.15) is 0 Å². The summed E-state index contributed by atoms with van der Waals surface area (Å²) in [6.07, 6.45) is 1.91. The predicted molar refractivity (Wildman–Crippen MR) is 114 cm³/mol. The van der Waals surface area contributed by atoms with Crippen molar-refractivity contribution in [3.05, 3.63) is 35.2 Å². The number of nitrogens with one attached hydrogen (secondary N) is 1. The summed E-state index contributed by atoms with van der Waals surface area (Å²) in [6, 6.07) is 7.57. The molecule has 2 aromatic rings. The van der Waals surface area contributed by atoms with Gasteiger partial charge in [0.2, 0.25) is 17.6 Å². The first kappa shape index (κ1) is 21.8. The normalized spacial score (nSPS) is 18.0. The molecule has 1 N–H and O–H groups in total. The molecule has 1 atom stereocenters. The monoisotopic (exact) mass is 418 g/mol. The lowest BCUT2D eigenvalue weighted by atomic mass is 9.91. The van der Waals surface area contributed by atoms with E-state index in [4.69, 9.17) is 16.1 Å². The summed E-state index contributed by atoms with van der Waals surface area (Å²) in [7, 11) is 0. The number of carbonyl (C=O) groups is 1. The minimum atomic E-state index is 0.00223. The number of benzene rings is 1. The molecular weight excluding hydrogens is 388 g/mol. The second kappa shape index (κ2) is 9.72. The standard InChI is InChI=1S/C22H31ClN4O2/c1-14(2)20(15(3)4)25-22(28)17-6-5-11-27(12-17)13-19-24-21(26-29-19)16-7-9-18(23)10-8-16/h7-10,14-15,17,20H,5-6,11-13H2,1-4H3,(H,25,28). The minimum Gasteiger partial charge on any atom is -0.353 e. The van der Waals surface area contributed by atoms with Crippen molar-refractivity contribution in [2.45, 2.75) is 53.1 Å². The van der Waals surface area contributed by atoms with Crippen molar-refractivity contribution in [1.29, 1.82) is 0 Å². The van der Waals surface area contributed by atoms with Gasteiger partial charge in [-0.15, -0.1) is 0 Å². The molecule has 1 aliphatic heterocycles. The summed E-state index contributed by atoms with van der Waals surface area (Å²) in [6.45, 7) is 10.8. The van der Waals surface area contributed by atoms with Gasteiger partial charge in [-0.3, -0.25) is 9.69 Å². The Morgan fingerprint density at radius 2 is 1.93 bits per heavy atom. The number of piperidine rings is 1. The maximum Gasteiger partial charge on any atom is 0.241 e. The molecule has 29 heavy (non-hydrogen) atoms. The molecule has 1 aromatic carbocycles. The van der Waals surface area contributed by atoms with Crippen LogP contribution >= 0.6 is 11.6 Å². The van der Waals surface area contributed by atoms with Gasteiger partial charge in [-0.2, -0.15) is 4.98 Å². The van der Waals surface area contributed by atoms with Crippen molar-refractivity contribution in [2.75, 3.05) is 13.1 Å². The Morgan fingerprint density at radius 1 is 1.24 bits per heavy atom. The number of amides is 1. The molecule has 6 nitrogen and oxygen atoms in total. The van der Waals surface area contributed by atoms with Crippen LogP contribution in [-0.2, 0) is 11.3 Å². The number of nitrogens with zero attached hydrogens (tertiary/aromatic N) is 3. The highest BCUT2D eigenvalue weighted by atomic mass is 35.5. The van der Waals surface area contributed by atoms with E-state index in [0.29, 0.717) is 41.7 Å². The van der Waals surface area contributed by atoms with Crippen LogP contribution in [0.15, 0.2) is 28.8 Å². The fourth-order valence-electron chi connectivity index (χ4n) is 4.02. The third-order valence-electron chi connectivity index (χ3n) is 5.55. The fourth-order valence-corrected chi connectivity index (χ4v) is 4.15. The zero-order valence-corrected chi connectivity index (χ0v) is 18.4. The number of likely N-dealkylation sites (tertiary alicyclic amines) is 1. The average molecular weight is 419 g/mol. The van der Waals surface area contributed by atoms with Crippen molar-refractivity contribution >= 4 is 17.5 Å². The number of rotatable bonds is 7. The average Bonchev–Trinajstić information content (AvgIpc) is 3.14. The molecule has 1 aliphatic rings. The maximum atomic E-state index is 12.8. The van der Waals surface area contributed by atoms with E-state index in [0.717, 1.165) is 24.9 Å². The number of hydrogen-bond acceptors (Lipinski definition) is 5. The third kappa shape index (κ3) is 5.80. The molecule has 0 spiro atoms. The van der Waals surface area contributed by atoms with Crippen molar-refractivity contribution in [2.24, 2.45) is 17.8 Å². The van der Waals surface area contributed by atoms with Crippen LogP contribution in [-0.4, -0.2) is 40.1 Å². The fraction of sp³-hybridized carbons (Fsp3) is 0.591. The van der Waals surface area contributed by atoms with E-state index in [1.165, 1.54) is 0 Å². The first-order valence-electron chi connectivity index (χ1n) is 10.4. The van der Waals surface area contributed by atoms with Crippen LogP contribution in [0.4, 0.5) is 0 Å². The first-order valence-corrected chi connectivity index (χ1v) is 10.8. The van der Waals surface area contributed by atoms with E-state index in [1.54, 1.807) is 0 Å².